The zero-order chi connectivity index (χ0) is 14.9. The molecule has 1 aromatic carbocycles. The highest BCUT2D eigenvalue weighted by molar-refractivity contribution is 5.23. The highest BCUT2D eigenvalue weighted by Crippen LogP contribution is 2.43. The quantitative estimate of drug-likeness (QED) is 0.891. The van der Waals surface area contributed by atoms with E-state index >= 15 is 0 Å². The fourth-order valence-corrected chi connectivity index (χ4v) is 3.95. The Morgan fingerprint density at radius 1 is 1.19 bits per heavy atom. The molecule has 2 nitrogen and oxygen atoms in total. The Hall–Kier alpha value is -1.00. The Bertz CT molecular complexity index is 494. The second-order valence-corrected chi connectivity index (χ2v) is 6.51. The summed E-state index contributed by atoms with van der Waals surface area (Å²) in [5, 5.41) is 0. The van der Waals surface area contributed by atoms with Crippen LogP contribution in [-0.4, -0.2) is 12.2 Å². The van der Waals surface area contributed by atoms with Gasteiger partial charge in [-0.05, 0) is 37.7 Å². The average molecular weight is 295 g/mol. The highest BCUT2D eigenvalue weighted by atomic mass is 19.2. The highest BCUT2D eigenvalue weighted by Gasteiger charge is 2.40. The molecule has 2 fully saturated rings. The molecule has 2 N–H and O–H groups in total. The van der Waals surface area contributed by atoms with Crippen LogP contribution < -0.4 is 5.73 Å². The van der Waals surface area contributed by atoms with Crippen LogP contribution in [0.3, 0.4) is 0 Å². The van der Waals surface area contributed by atoms with Crippen molar-refractivity contribution >= 4 is 0 Å². The van der Waals surface area contributed by atoms with Gasteiger partial charge in [0.2, 0.25) is 0 Å². The first-order valence-corrected chi connectivity index (χ1v) is 7.95. The van der Waals surface area contributed by atoms with Crippen LogP contribution >= 0.6 is 0 Å². The van der Waals surface area contributed by atoms with Gasteiger partial charge in [0.1, 0.15) is 0 Å². The SMILES string of the molecule is NC(c1cccc(F)c1F)C1CCOC2(CCCCC2)C1. The summed E-state index contributed by atoms with van der Waals surface area (Å²) in [7, 11) is 0. The molecular weight excluding hydrogens is 272 g/mol. The number of hydrogen-bond donors (Lipinski definition) is 1. The lowest BCUT2D eigenvalue weighted by atomic mass is 9.73. The zero-order valence-electron chi connectivity index (χ0n) is 12.3. The number of benzene rings is 1. The third kappa shape index (κ3) is 2.97. The Morgan fingerprint density at radius 3 is 2.71 bits per heavy atom. The number of halogens is 2. The second-order valence-electron chi connectivity index (χ2n) is 6.51. The number of hydrogen-bond acceptors (Lipinski definition) is 2. The van der Waals surface area contributed by atoms with Crippen LogP contribution in [0.5, 0.6) is 0 Å². The minimum Gasteiger partial charge on any atom is -0.375 e. The van der Waals surface area contributed by atoms with Gasteiger partial charge in [-0.1, -0.05) is 31.4 Å². The van der Waals surface area contributed by atoms with E-state index in [1.807, 2.05) is 0 Å². The predicted octanol–water partition coefficient (Wildman–Crippen LogP) is 4.09. The predicted molar refractivity (Wildman–Crippen MR) is 77.8 cm³/mol. The minimum atomic E-state index is -0.817. The third-order valence-electron chi connectivity index (χ3n) is 5.14. The maximum atomic E-state index is 14.0. The van der Waals surface area contributed by atoms with Gasteiger partial charge in [-0.15, -0.1) is 0 Å². The lowest BCUT2D eigenvalue weighted by molar-refractivity contribution is -0.120. The van der Waals surface area contributed by atoms with E-state index in [9.17, 15) is 8.78 Å². The van der Waals surface area contributed by atoms with Gasteiger partial charge >= 0.3 is 0 Å². The fraction of sp³-hybridized carbons (Fsp3) is 0.647. The Balaban J connectivity index is 1.78. The number of rotatable bonds is 2. The van der Waals surface area contributed by atoms with Crippen molar-refractivity contribution in [2.75, 3.05) is 6.61 Å². The van der Waals surface area contributed by atoms with Gasteiger partial charge < -0.3 is 10.5 Å². The summed E-state index contributed by atoms with van der Waals surface area (Å²) in [6.45, 7) is 0.676. The molecule has 116 valence electrons. The van der Waals surface area contributed by atoms with Crippen molar-refractivity contribution in [1.29, 1.82) is 0 Å². The van der Waals surface area contributed by atoms with E-state index < -0.39 is 17.7 Å². The van der Waals surface area contributed by atoms with Crippen LogP contribution in [-0.2, 0) is 4.74 Å². The average Bonchev–Trinajstić information content (AvgIpc) is 2.50. The molecule has 4 heteroatoms. The normalized spacial score (nSPS) is 26.7. The van der Waals surface area contributed by atoms with Crippen LogP contribution in [0.4, 0.5) is 8.78 Å². The first-order chi connectivity index (χ1) is 10.1. The molecule has 1 saturated carbocycles. The van der Waals surface area contributed by atoms with Crippen LogP contribution in [0.1, 0.15) is 56.6 Å². The van der Waals surface area contributed by atoms with Crippen molar-refractivity contribution in [2.45, 2.75) is 56.6 Å². The topological polar surface area (TPSA) is 35.2 Å². The van der Waals surface area contributed by atoms with Gasteiger partial charge in [-0.3, -0.25) is 0 Å². The summed E-state index contributed by atoms with van der Waals surface area (Å²) < 4.78 is 33.4. The Kier molecular flexibility index (Phi) is 4.27. The van der Waals surface area contributed by atoms with Crippen LogP contribution in [0, 0.1) is 17.6 Å². The molecule has 1 heterocycles. The molecule has 2 unspecified atom stereocenters. The van der Waals surface area contributed by atoms with Crippen LogP contribution in [0.15, 0.2) is 18.2 Å². The number of nitrogens with two attached hydrogens (primary N) is 1. The molecular formula is C17H23F2NO. The molecule has 0 bridgehead atoms. The van der Waals surface area contributed by atoms with E-state index in [0.29, 0.717) is 12.2 Å². The van der Waals surface area contributed by atoms with Crippen molar-refractivity contribution in [3.63, 3.8) is 0 Å². The maximum absolute atomic E-state index is 14.0. The van der Waals surface area contributed by atoms with Crippen molar-refractivity contribution < 1.29 is 13.5 Å². The summed E-state index contributed by atoms with van der Waals surface area (Å²) in [5.74, 6) is -1.45. The standard InChI is InChI=1S/C17H23F2NO/c18-14-6-4-5-13(15(14)19)16(20)12-7-10-21-17(11-12)8-2-1-3-9-17/h4-6,12,16H,1-3,7-11,20H2. The van der Waals surface area contributed by atoms with Gasteiger partial charge in [-0.2, -0.15) is 0 Å². The van der Waals surface area contributed by atoms with E-state index in [-0.39, 0.29) is 11.5 Å². The van der Waals surface area contributed by atoms with Crippen LogP contribution in [0.2, 0.25) is 0 Å². The molecule has 1 aliphatic carbocycles. The molecule has 3 rings (SSSR count). The summed E-state index contributed by atoms with van der Waals surface area (Å²) in [5.41, 5.74) is 6.50. The van der Waals surface area contributed by atoms with Crippen molar-refractivity contribution in [3.8, 4) is 0 Å². The van der Waals surface area contributed by atoms with Gasteiger partial charge in [-0.25, -0.2) is 8.78 Å². The lowest BCUT2D eigenvalue weighted by Gasteiger charge is -2.45. The van der Waals surface area contributed by atoms with Crippen molar-refractivity contribution in [2.24, 2.45) is 11.7 Å². The molecule has 2 atom stereocenters. The first kappa shape index (κ1) is 14.9. The zero-order valence-corrected chi connectivity index (χ0v) is 12.3. The molecule has 0 radical (unpaired) electrons. The summed E-state index contributed by atoms with van der Waals surface area (Å²) in [4.78, 5) is 0. The van der Waals surface area contributed by atoms with Crippen molar-refractivity contribution in [1.82, 2.24) is 0 Å². The summed E-state index contributed by atoms with van der Waals surface area (Å²) >= 11 is 0. The lowest BCUT2D eigenvalue weighted by Crippen LogP contribution is -2.44. The molecule has 0 amide bonds. The molecule has 0 aromatic heterocycles. The van der Waals surface area contributed by atoms with Crippen molar-refractivity contribution in [3.05, 3.63) is 35.4 Å². The monoisotopic (exact) mass is 295 g/mol. The van der Waals surface area contributed by atoms with Gasteiger partial charge in [0.25, 0.3) is 0 Å². The van der Waals surface area contributed by atoms with E-state index in [1.54, 1.807) is 6.07 Å². The summed E-state index contributed by atoms with van der Waals surface area (Å²) in [6.07, 6.45) is 7.47. The molecule has 1 aliphatic heterocycles. The van der Waals surface area contributed by atoms with Gasteiger partial charge in [0, 0.05) is 18.2 Å². The molecule has 21 heavy (non-hydrogen) atoms. The van der Waals surface area contributed by atoms with E-state index in [0.717, 1.165) is 31.7 Å². The third-order valence-corrected chi connectivity index (χ3v) is 5.14. The maximum Gasteiger partial charge on any atom is 0.163 e. The van der Waals surface area contributed by atoms with Crippen LogP contribution in [0.25, 0.3) is 0 Å². The Labute approximate surface area is 124 Å². The molecule has 1 spiro atoms. The van der Waals surface area contributed by atoms with E-state index in [4.69, 9.17) is 10.5 Å². The second kappa shape index (κ2) is 6.01. The van der Waals surface area contributed by atoms with Gasteiger partial charge in [0.05, 0.1) is 5.60 Å². The minimum absolute atomic E-state index is 0.0669. The van der Waals surface area contributed by atoms with E-state index in [2.05, 4.69) is 0 Å². The molecule has 1 aromatic rings. The smallest absolute Gasteiger partial charge is 0.163 e. The molecule has 1 saturated heterocycles. The fourth-order valence-electron chi connectivity index (χ4n) is 3.95. The van der Waals surface area contributed by atoms with Gasteiger partial charge in [0.15, 0.2) is 11.6 Å². The van der Waals surface area contributed by atoms with E-state index in [1.165, 1.54) is 25.3 Å². The largest absolute Gasteiger partial charge is 0.375 e. The Morgan fingerprint density at radius 2 is 1.95 bits per heavy atom. The molecule has 2 aliphatic rings. The first-order valence-electron chi connectivity index (χ1n) is 7.95. The summed E-state index contributed by atoms with van der Waals surface area (Å²) in [6, 6.07) is 3.82. The number of ether oxygens (including phenoxy) is 1.